The van der Waals surface area contributed by atoms with Crippen LogP contribution in [0.2, 0.25) is 5.02 Å². The monoisotopic (exact) mass is 699 g/mol. The highest BCUT2D eigenvalue weighted by atomic mass is 35.5. The van der Waals surface area contributed by atoms with Gasteiger partial charge in [0.25, 0.3) is 0 Å². The van der Waals surface area contributed by atoms with Gasteiger partial charge in [-0.25, -0.2) is 33.2 Å². The first-order chi connectivity index (χ1) is 22.5. The third-order valence-corrected chi connectivity index (χ3v) is 12.4. The number of aliphatic imine (C=N–C) groups is 1. The van der Waals surface area contributed by atoms with Crippen molar-refractivity contribution in [3.8, 4) is 0 Å². The van der Waals surface area contributed by atoms with Gasteiger partial charge in [0.1, 0.15) is 17.2 Å². The molecule has 6 saturated carbocycles. The van der Waals surface area contributed by atoms with Crippen LogP contribution in [0, 0.1) is 58.0 Å². The van der Waals surface area contributed by atoms with Crippen LogP contribution < -0.4 is 0 Å². The first-order valence-electron chi connectivity index (χ1n) is 16.3. The van der Waals surface area contributed by atoms with E-state index < -0.39 is 56.8 Å². The topological polar surface area (TPSA) is 107 Å². The van der Waals surface area contributed by atoms with Crippen LogP contribution in [0.4, 0.5) is 13.6 Å². The van der Waals surface area contributed by atoms with E-state index in [-0.39, 0.29) is 65.1 Å². The molecule has 6 fully saturated rings. The Morgan fingerprint density at radius 2 is 1.60 bits per heavy atom. The van der Waals surface area contributed by atoms with E-state index in [1.54, 1.807) is 32.3 Å². The molecule has 254 valence electrons. The molecule has 1 unspecified atom stereocenters. The van der Waals surface area contributed by atoms with Crippen molar-refractivity contribution in [2.24, 2.45) is 51.3 Å². The van der Waals surface area contributed by atoms with Crippen molar-refractivity contribution >= 4 is 46.8 Å². The number of halogens is 3. The zero-order valence-electron chi connectivity index (χ0n) is 27.6. The fourth-order valence-electron chi connectivity index (χ4n) is 10.2. The number of amidine groups is 1. The van der Waals surface area contributed by atoms with E-state index in [9.17, 15) is 18.8 Å². The van der Waals surface area contributed by atoms with Gasteiger partial charge in [-0.1, -0.05) is 24.6 Å². The first-order valence-corrected chi connectivity index (χ1v) is 17.6. The summed E-state index contributed by atoms with van der Waals surface area (Å²) in [6.07, 6.45) is 1.22. The SMILES string of the molecule is CCCOC(=O)C1=C(C23C4C5C2C2C3C4C52C(=O)OC(C)(C)C)N=C(c2nccs2)N(C(=O)OC(C)(C)C)C1c1ccc(F)c(F)c1Cl. The molecule has 1 aromatic carbocycles. The van der Waals surface area contributed by atoms with Gasteiger partial charge in [0.2, 0.25) is 0 Å². The summed E-state index contributed by atoms with van der Waals surface area (Å²) in [5, 5.41) is 1.52. The minimum absolute atomic E-state index is 0.0199. The molecule has 6 aliphatic carbocycles. The van der Waals surface area contributed by atoms with Crippen LogP contribution in [0.5, 0.6) is 0 Å². The van der Waals surface area contributed by atoms with Crippen molar-refractivity contribution in [2.75, 3.05) is 6.61 Å². The summed E-state index contributed by atoms with van der Waals surface area (Å²) in [6.45, 7) is 12.6. The second kappa shape index (κ2) is 9.87. The zero-order chi connectivity index (χ0) is 34.5. The van der Waals surface area contributed by atoms with Gasteiger partial charge < -0.3 is 14.2 Å². The lowest BCUT2D eigenvalue weighted by atomic mass is 8.92. The van der Waals surface area contributed by atoms with Crippen molar-refractivity contribution < 1.29 is 37.4 Å². The number of amides is 1. The summed E-state index contributed by atoms with van der Waals surface area (Å²) >= 11 is 7.77. The molecule has 1 aliphatic heterocycles. The number of thiazole rings is 1. The maximum Gasteiger partial charge on any atom is 0.416 e. The number of hydrogen-bond donors (Lipinski definition) is 0. The van der Waals surface area contributed by atoms with E-state index in [2.05, 4.69) is 4.98 Å². The fourth-order valence-corrected chi connectivity index (χ4v) is 11.1. The number of nitrogens with zero attached hydrogens (tertiary/aromatic N) is 3. The molecule has 1 aromatic heterocycles. The number of allylic oxidation sites excluding steroid dienone is 1. The summed E-state index contributed by atoms with van der Waals surface area (Å²) in [4.78, 5) is 52.8. The standard InChI is InChI=1S/C35H36ClF2N3O6S/c1-8-12-45-29(42)16-25(14-9-10-15(37)24(38)23(14)36)41(31(44)47-33(5,6)7)27(28-39-11-13-48-28)40-26(16)34-17-20-18(34)22-19(34)21(17)35(20,22)30(43)46-32(2,3)4/h9-11,13,17-22,25H,8,12H2,1-7H3. The minimum Gasteiger partial charge on any atom is -0.462 e. The Morgan fingerprint density at radius 3 is 2.15 bits per heavy atom. The molecule has 7 aliphatic rings. The number of carbonyl (C=O) groups is 3. The van der Waals surface area contributed by atoms with Crippen molar-refractivity contribution in [3.63, 3.8) is 0 Å². The second-order valence-corrected chi connectivity index (χ2v) is 17.0. The summed E-state index contributed by atoms with van der Waals surface area (Å²) < 4.78 is 47.2. The molecule has 9 rings (SSSR count). The van der Waals surface area contributed by atoms with Gasteiger partial charge >= 0.3 is 18.0 Å². The van der Waals surface area contributed by atoms with E-state index in [4.69, 9.17) is 30.8 Å². The summed E-state index contributed by atoms with van der Waals surface area (Å²) in [6, 6.07) is 0.816. The average Bonchev–Trinajstić information content (AvgIpc) is 3.55. The van der Waals surface area contributed by atoms with Crippen LogP contribution in [-0.2, 0) is 23.8 Å². The van der Waals surface area contributed by atoms with Gasteiger partial charge in [-0.3, -0.25) is 4.79 Å². The number of esters is 2. The second-order valence-electron chi connectivity index (χ2n) is 15.7. The molecular formula is C35H36ClF2N3O6S. The van der Waals surface area contributed by atoms with Crippen LogP contribution in [0.3, 0.4) is 0 Å². The highest BCUT2D eigenvalue weighted by molar-refractivity contribution is 7.11. The van der Waals surface area contributed by atoms with Gasteiger partial charge in [-0.05, 0) is 89.5 Å². The molecule has 9 nitrogen and oxygen atoms in total. The van der Waals surface area contributed by atoms with Crippen LogP contribution >= 0.6 is 22.9 Å². The number of hydrogen-bond acceptors (Lipinski definition) is 9. The number of carbonyl (C=O) groups excluding carboxylic acids is 3. The Labute approximate surface area is 285 Å². The Kier molecular flexibility index (Phi) is 6.55. The Morgan fingerprint density at radius 1 is 0.979 bits per heavy atom. The van der Waals surface area contributed by atoms with Crippen molar-refractivity contribution in [1.82, 2.24) is 9.88 Å². The van der Waals surface area contributed by atoms with Crippen LogP contribution in [0.25, 0.3) is 0 Å². The van der Waals surface area contributed by atoms with Gasteiger partial charge in [-0.2, -0.15) is 0 Å². The fraction of sp³-hybridized carbons (Fsp3) is 0.571. The van der Waals surface area contributed by atoms with E-state index in [1.165, 1.54) is 17.4 Å². The normalized spacial score (nSPS) is 34.8. The molecular weight excluding hydrogens is 664 g/mol. The Balaban J connectivity index is 1.32. The molecule has 48 heavy (non-hydrogen) atoms. The van der Waals surface area contributed by atoms with E-state index in [1.807, 2.05) is 27.7 Å². The lowest BCUT2D eigenvalue weighted by Gasteiger charge is -3.10. The quantitative estimate of drug-likeness (QED) is 0.172. The van der Waals surface area contributed by atoms with Crippen molar-refractivity contribution in [3.05, 3.63) is 62.2 Å². The molecule has 1 amide bonds. The molecule has 0 bridgehead atoms. The summed E-state index contributed by atoms with van der Waals surface area (Å²) in [5.74, 6) is -2.66. The lowest BCUT2D eigenvalue weighted by molar-refractivity contribution is -0.633. The predicted molar refractivity (Wildman–Crippen MR) is 171 cm³/mol. The van der Waals surface area contributed by atoms with Crippen LogP contribution in [0.1, 0.15) is 71.5 Å². The number of benzene rings is 1. The summed E-state index contributed by atoms with van der Waals surface area (Å²) in [5.41, 5.74) is -2.13. The third-order valence-electron chi connectivity index (χ3n) is 11.3. The molecule has 1 atom stereocenters. The van der Waals surface area contributed by atoms with E-state index >= 15 is 4.39 Å². The highest BCUT2D eigenvalue weighted by Crippen LogP contribution is 3.11. The molecule has 0 N–H and O–H groups in total. The zero-order valence-corrected chi connectivity index (χ0v) is 29.2. The van der Waals surface area contributed by atoms with Gasteiger partial charge in [0, 0.05) is 22.6 Å². The van der Waals surface area contributed by atoms with Crippen LogP contribution in [0.15, 0.2) is 40.0 Å². The summed E-state index contributed by atoms with van der Waals surface area (Å²) in [7, 11) is 0. The van der Waals surface area contributed by atoms with E-state index in [0.29, 0.717) is 17.1 Å². The average molecular weight is 700 g/mol. The van der Waals surface area contributed by atoms with Crippen LogP contribution in [-0.4, -0.2) is 51.6 Å². The number of rotatable bonds is 7. The Hall–Kier alpha value is -3.38. The predicted octanol–water partition coefficient (Wildman–Crippen LogP) is 7.10. The largest absolute Gasteiger partial charge is 0.462 e. The Bertz CT molecular complexity index is 1810. The maximum absolute atomic E-state index is 15.2. The first kappa shape index (κ1) is 31.9. The van der Waals surface area contributed by atoms with Gasteiger partial charge in [0.05, 0.1) is 28.3 Å². The molecule has 0 spiro atoms. The minimum atomic E-state index is -1.38. The molecule has 13 heteroatoms. The van der Waals surface area contributed by atoms with E-state index in [0.717, 1.165) is 11.0 Å². The number of aromatic nitrogens is 1. The van der Waals surface area contributed by atoms with Gasteiger partial charge in [0.15, 0.2) is 22.5 Å². The molecule has 2 aromatic rings. The smallest absolute Gasteiger partial charge is 0.416 e. The number of ether oxygens (including phenoxy) is 3. The van der Waals surface area contributed by atoms with Crippen molar-refractivity contribution in [2.45, 2.75) is 72.1 Å². The third kappa shape index (κ3) is 3.63. The highest BCUT2D eigenvalue weighted by Gasteiger charge is 3.12. The lowest BCUT2D eigenvalue weighted by Crippen LogP contribution is -3.11. The molecule has 0 radical (unpaired) electrons. The van der Waals surface area contributed by atoms with Gasteiger partial charge in [-0.15, -0.1) is 11.3 Å². The maximum atomic E-state index is 15.2. The molecule has 0 saturated heterocycles. The molecule has 2 heterocycles. The van der Waals surface area contributed by atoms with Crippen molar-refractivity contribution in [1.29, 1.82) is 0 Å².